The average Bonchev–Trinajstić information content (AvgIpc) is 2.48. The van der Waals surface area contributed by atoms with Crippen LogP contribution in [0.1, 0.15) is 19.4 Å². The molecule has 0 atom stereocenters. The quantitative estimate of drug-likeness (QED) is 0.747. The van der Waals surface area contributed by atoms with E-state index in [1.807, 2.05) is 55.7 Å². The smallest absolute Gasteiger partial charge is 0.245 e. The van der Waals surface area contributed by atoms with Gasteiger partial charge < -0.3 is 4.74 Å². The van der Waals surface area contributed by atoms with E-state index in [0.29, 0.717) is 11.4 Å². The molecule has 4 nitrogen and oxygen atoms in total. The summed E-state index contributed by atoms with van der Waals surface area (Å²) in [6.45, 7) is 5.26. The first-order valence-electron chi connectivity index (χ1n) is 6.66. The molecule has 0 aliphatic heterocycles. The summed E-state index contributed by atoms with van der Waals surface area (Å²) in [7, 11) is 0. The lowest BCUT2D eigenvalue weighted by molar-refractivity contribution is 0.177. The molecule has 0 bridgehead atoms. The molecule has 4 heteroatoms. The Bertz CT molecular complexity index is 649. The summed E-state index contributed by atoms with van der Waals surface area (Å²) in [6, 6.07) is 15.0. The van der Waals surface area contributed by atoms with Crippen LogP contribution in [0.2, 0.25) is 0 Å². The highest BCUT2D eigenvalue weighted by Crippen LogP contribution is 2.32. The van der Waals surface area contributed by atoms with Gasteiger partial charge in [0.1, 0.15) is 11.4 Å². The normalized spacial score (nSPS) is 11.6. The van der Waals surface area contributed by atoms with E-state index >= 15 is 0 Å². The number of azo groups is 1. The maximum absolute atomic E-state index is 10.9. The van der Waals surface area contributed by atoms with E-state index in [1.54, 1.807) is 19.9 Å². The molecule has 0 spiro atoms. The van der Waals surface area contributed by atoms with E-state index in [4.69, 9.17) is 4.74 Å². The van der Waals surface area contributed by atoms with Crippen LogP contribution in [0.4, 0.5) is 11.4 Å². The van der Waals surface area contributed by atoms with Crippen LogP contribution in [0.25, 0.3) is 0 Å². The van der Waals surface area contributed by atoms with Crippen LogP contribution in [-0.2, 0) is 4.79 Å². The van der Waals surface area contributed by atoms with Crippen molar-refractivity contribution < 1.29 is 9.53 Å². The Balaban J connectivity index is 2.31. The monoisotopic (exact) mass is 281 g/mol. The van der Waals surface area contributed by atoms with Gasteiger partial charge in [0.15, 0.2) is 5.60 Å². The second-order valence-corrected chi connectivity index (χ2v) is 5.22. The molecule has 21 heavy (non-hydrogen) atoms. The highest BCUT2D eigenvalue weighted by molar-refractivity contribution is 5.64. The first-order valence-corrected chi connectivity index (χ1v) is 6.66. The van der Waals surface area contributed by atoms with Crippen LogP contribution in [0.3, 0.4) is 0 Å². The van der Waals surface area contributed by atoms with Gasteiger partial charge in [0.25, 0.3) is 0 Å². The van der Waals surface area contributed by atoms with Crippen LogP contribution >= 0.6 is 0 Å². The molecule has 0 unspecified atom stereocenters. The molecule has 0 fully saturated rings. The summed E-state index contributed by atoms with van der Waals surface area (Å²) in [5, 5.41) is 8.41. The second-order valence-electron chi connectivity index (χ2n) is 5.22. The topological polar surface area (TPSA) is 51.0 Å². The number of benzene rings is 2. The highest BCUT2D eigenvalue weighted by atomic mass is 16.5. The van der Waals surface area contributed by atoms with Crippen molar-refractivity contribution >= 4 is 17.7 Å². The Morgan fingerprint density at radius 3 is 2.43 bits per heavy atom. The summed E-state index contributed by atoms with van der Waals surface area (Å²) >= 11 is 0. The molecule has 2 rings (SSSR count). The third-order valence-corrected chi connectivity index (χ3v) is 2.75. The van der Waals surface area contributed by atoms with Gasteiger partial charge in [0, 0.05) is 0 Å². The summed E-state index contributed by atoms with van der Waals surface area (Å²) in [6.07, 6.45) is 1.86. The van der Waals surface area contributed by atoms with E-state index in [-0.39, 0.29) is 0 Å². The predicted molar refractivity (Wildman–Crippen MR) is 82.2 cm³/mol. The van der Waals surface area contributed by atoms with Gasteiger partial charge in [0.2, 0.25) is 6.29 Å². The molecule has 0 amide bonds. The van der Waals surface area contributed by atoms with Crippen molar-refractivity contribution in [2.45, 2.75) is 26.4 Å². The van der Waals surface area contributed by atoms with Crippen molar-refractivity contribution in [3.8, 4) is 5.75 Å². The van der Waals surface area contributed by atoms with Crippen molar-refractivity contribution in [1.29, 1.82) is 0 Å². The minimum Gasteiger partial charge on any atom is -0.477 e. The minimum atomic E-state index is -1.02. The number of carbonyl (C=O) groups excluding carboxylic acids is 1. The Morgan fingerprint density at radius 2 is 1.76 bits per heavy atom. The number of hydrogen-bond donors (Lipinski definition) is 0. The van der Waals surface area contributed by atoms with Gasteiger partial charge in [-0.25, -0.2) is 0 Å². The summed E-state index contributed by atoms with van der Waals surface area (Å²) in [5.41, 5.74) is 1.36. The van der Waals surface area contributed by atoms with Gasteiger partial charge in [-0.1, -0.05) is 24.3 Å². The second kappa shape index (κ2) is 6.31. The largest absolute Gasteiger partial charge is 0.477 e. The fourth-order valence-corrected chi connectivity index (χ4v) is 1.69. The third kappa shape index (κ3) is 4.24. The Hall–Kier alpha value is -2.49. The van der Waals surface area contributed by atoms with Gasteiger partial charge >= 0.3 is 0 Å². The molecule has 0 aromatic heterocycles. The Kier molecular flexibility index (Phi) is 4.48. The zero-order chi connectivity index (χ0) is 15.3. The van der Waals surface area contributed by atoms with Gasteiger partial charge in [-0.05, 0) is 50.6 Å². The molecule has 2 aromatic rings. The van der Waals surface area contributed by atoms with Crippen LogP contribution in [0.5, 0.6) is 5.75 Å². The lowest BCUT2D eigenvalue weighted by Gasteiger charge is -2.19. The van der Waals surface area contributed by atoms with Gasteiger partial charge in [-0.2, -0.15) is 5.11 Å². The van der Waals surface area contributed by atoms with Crippen molar-refractivity contribution in [2.75, 3.05) is 0 Å². The predicted octanol–water partition coefficient (Wildman–Crippen LogP) is 4.68. The standard InChI is InChI=1S/C17H17N2O2/c1-13-9-10-16(21-17(2,3)12-20)15(11-13)19-18-14-7-5-4-6-8-14/h4-11H,1-3H3/b19-18+. The summed E-state index contributed by atoms with van der Waals surface area (Å²) < 4.78 is 5.65. The number of hydrogen-bond acceptors (Lipinski definition) is 4. The van der Waals surface area contributed by atoms with Gasteiger partial charge in [-0.3, -0.25) is 4.79 Å². The zero-order valence-electron chi connectivity index (χ0n) is 12.3. The molecular weight excluding hydrogens is 264 g/mol. The Morgan fingerprint density at radius 1 is 1.05 bits per heavy atom. The molecular formula is C17H17N2O2. The van der Waals surface area contributed by atoms with Crippen molar-refractivity contribution in [2.24, 2.45) is 10.2 Å². The molecule has 2 aromatic carbocycles. The lowest BCUT2D eigenvalue weighted by Crippen LogP contribution is -2.29. The van der Waals surface area contributed by atoms with Crippen molar-refractivity contribution in [3.05, 3.63) is 54.1 Å². The van der Waals surface area contributed by atoms with E-state index in [2.05, 4.69) is 10.2 Å². The Labute approximate surface area is 124 Å². The van der Waals surface area contributed by atoms with Gasteiger partial charge in [-0.15, -0.1) is 5.11 Å². The summed E-state index contributed by atoms with van der Waals surface area (Å²) in [4.78, 5) is 10.9. The molecule has 0 N–H and O–H groups in total. The zero-order valence-corrected chi connectivity index (χ0v) is 12.3. The molecule has 0 heterocycles. The van der Waals surface area contributed by atoms with Crippen LogP contribution in [0, 0.1) is 6.92 Å². The fraction of sp³-hybridized carbons (Fsp3) is 0.235. The number of nitrogens with zero attached hydrogens (tertiary/aromatic N) is 2. The maximum Gasteiger partial charge on any atom is 0.245 e. The molecule has 0 aliphatic carbocycles. The molecule has 0 aliphatic rings. The first-order chi connectivity index (χ1) is 10.00. The summed E-state index contributed by atoms with van der Waals surface area (Å²) in [5.74, 6) is 0.508. The van der Waals surface area contributed by atoms with E-state index in [1.165, 1.54) is 0 Å². The van der Waals surface area contributed by atoms with Crippen LogP contribution in [-0.4, -0.2) is 11.9 Å². The van der Waals surface area contributed by atoms with E-state index in [9.17, 15) is 4.79 Å². The van der Waals surface area contributed by atoms with Crippen molar-refractivity contribution in [1.82, 2.24) is 0 Å². The average molecular weight is 281 g/mol. The van der Waals surface area contributed by atoms with Gasteiger partial charge in [0.05, 0.1) is 5.69 Å². The number of ether oxygens (including phenoxy) is 1. The van der Waals surface area contributed by atoms with Crippen molar-refractivity contribution in [3.63, 3.8) is 0 Å². The van der Waals surface area contributed by atoms with E-state index in [0.717, 1.165) is 11.3 Å². The third-order valence-electron chi connectivity index (χ3n) is 2.75. The molecule has 0 saturated heterocycles. The lowest BCUT2D eigenvalue weighted by atomic mass is 10.1. The van der Waals surface area contributed by atoms with Crippen LogP contribution in [0.15, 0.2) is 58.8 Å². The molecule has 107 valence electrons. The number of aryl methyl sites for hydroxylation is 1. The minimum absolute atomic E-state index is 0.508. The first kappa shape index (κ1) is 14.9. The fourth-order valence-electron chi connectivity index (χ4n) is 1.69. The molecule has 1 radical (unpaired) electrons. The number of rotatable bonds is 5. The SMILES string of the molecule is Cc1ccc(OC(C)(C)[C]=O)c(/N=N/c2ccccc2)c1. The van der Waals surface area contributed by atoms with Crippen LogP contribution < -0.4 is 4.74 Å². The highest BCUT2D eigenvalue weighted by Gasteiger charge is 2.21. The maximum atomic E-state index is 10.9. The molecule has 0 saturated carbocycles. The van der Waals surface area contributed by atoms with E-state index < -0.39 is 5.60 Å².